The molecule has 6 aromatic rings. The minimum atomic E-state index is -0.826. The van der Waals surface area contributed by atoms with Crippen molar-refractivity contribution in [3.63, 3.8) is 0 Å². The fraction of sp³-hybridized carbons (Fsp3) is 0.360. The number of nitrogens with one attached hydrogen (secondary N) is 2. The van der Waals surface area contributed by atoms with E-state index in [1.54, 1.807) is 13.8 Å². The summed E-state index contributed by atoms with van der Waals surface area (Å²) in [6.07, 6.45) is 0.830. The molecule has 0 saturated carbocycles. The van der Waals surface area contributed by atoms with E-state index < -0.39 is 20.8 Å². The predicted molar refractivity (Wildman–Crippen MR) is 250 cm³/mol. The summed E-state index contributed by atoms with van der Waals surface area (Å²) < 4.78 is 0. The van der Waals surface area contributed by atoms with Crippen LogP contribution >= 0.6 is 17.0 Å². The van der Waals surface area contributed by atoms with E-state index >= 15 is 0 Å². The van der Waals surface area contributed by atoms with Crippen molar-refractivity contribution in [3.05, 3.63) is 129 Å². The molecular weight excluding hydrogens is 834 g/mol. The summed E-state index contributed by atoms with van der Waals surface area (Å²) in [5.74, 6) is -0.220. The van der Waals surface area contributed by atoms with Crippen LogP contribution in [0.2, 0.25) is 0 Å². The van der Waals surface area contributed by atoms with Gasteiger partial charge in [0.1, 0.15) is 0 Å². The third kappa shape index (κ3) is 12.8. The fourth-order valence-corrected chi connectivity index (χ4v) is 6.70. The molecule has 6 rings (SSSR count). The number of rotatable bonds is 6. The third-order valence-corrected chi connectivity index (χ3v) is 11.0. The number of hydrogen-bond acceptors (Lipinski definition) is 2. The van der Waals surface area contributed by atoms with E-state index in [-0.39, 0.29) is 22.6 Å². The molecule has 6 aromatic carbocycles. The summed E-state index contributed by atoms with van der Waals surface area (Å²) in [6, 6.07) is 31.8. The standard InChI is InChI=1S/2C22H25.C6H12BN2O2.2ClH.Zr/c2*1-14-10-11-19(16(3)15(14)2)20-9-7-8-17-12-18(13-21(17)20)22(4,5)6;1-3-5(10)8-7-9-6(11)4-2;;;/h2*7-13H,1-6H3;3-4H2,1-2H3,(H,8,10)(H,9,11);2*1H;/q2*-1;;;;+4/p-2. The molecule has 305 valence electrons. The van der Waals surface area contributed by atoms with Crippen molar-refractivity contribution in [2.75, 3.05) is 0 Å². The van der Waals surface area contributed by atoms with Crippen LogP contribution in [0.5, 0.6) is 0 Å². The molecule has 0 saturated heterocycles. The zero-order valence-corrected chi connectivity index (χ0v) is 41.1. The summed E-state index contributed by atoms with van der Waals surface area (Å²) in [5, 5.41) is 10.2. The number of halogens is 2. The van der Waals surface area contributed by atoms with Gasteiger partial charge in [-0.15, -0.1) is 69.1 Å². The van der Waals surface area contributed by atoms with Gasteiger partial charge in [-0.05, 0) is 96.9 Å². The molecule has 0 aliphatic heterocycles. The normalized spacial score (nSPS) is 11.0. The molecule has 2 N–H and O–H groups in total. The van der Waals surface area contributed by atoms with E-state index in [9.17, 15) is 9.59 Å². The Hall–Kier alpha value is -3.43. The van der Waals surface area contributed by atoms with Gasteiger partial charge in [0.2, 0.25) is 11.8 Å². The zero-order valence-electron chi connectivity index (χ0n) is 37.1. The van der Waals surface area contributed by atoms with Crippen molar-refractivity contribution in [2.45, 2.75) is 121 Å². The first-order valence-corrected chi connectivity index (χ1v) is 26.4. The molecule has 0 aliphatic carbocycles. The van der Waals surface area contributed by atoms with Gasteiger partial charge in [0, 0.05) is 12.8 Å². The molecule has 1 radical (unpaired) electrons. The third-order valence-electron chi connectivity index (χ3n) is 11.0. The molecular formula is C50H62BCl2N2O2Zr. The molecule has 0 bridgehead atoms. The molecule has 0 heterocycles. The van der Waals surface area contributed by atoms with E-state index in [0.29, 0.717) is 12.8 Å². The molecule has 0 spiro atoms. The molecule has 2 amide bonds. The number of carbonyl (C=O) groups excluding carboxylic acids is 2. The quantitative estimate of drug-likeness (QED) is 0.129. The van der Waals surface area contributed by atoms with Gasteiger partial charge < -0.3 is 10.5 Å². The Labute approximate surface area is 368 Å². The van der Waals surface area contributed by atoms with Gasteiger partial charge in [-0.3, -0.25) is 9.59 Å². The summed E-state index contributed by atoms with van der Waals surface area (Å²) in [5.41, 5.74) is 17.0. The first kappa shape index (κ1) is 48.9. The Kier molecular flexibility index (Phi) is 18.3. The predicted octanol–water partition coefficient (Wildman–Crippen LogP) is 13.8. The first-order valence-electron chi connectivity index (χ1n) is 20.1. The monoisotopic (exact) mass is 893 g/mol. The van der Waals surface area contributed by atoms with Crippen molar-refractivity contribution in [1.82, 2.24) is 10.5 Å². The molecule has 0 atom stereocenters. The molecule has 8 heteroatoms. The molecule has 4 nitrogen and oxygen atoms in total. The van der Waals surface area contributed by atoms with Crippen molar-refractivity contribution in [1.29, 1.82) is 0 Å². The number of aryl methyl sites for hydroxylation is 2. The average Bonchev–Trinajstić information content (AvgIpc) is 3.83. The second-order valence-corrected chi connectivity index (χ2v) is 20.8. The van der Waals surface area contributed by atoms with Crippen LogP contribution in [0, 0.1) is 41.5 Å². The van der Waals surface area contributed by atoms with E-state index in [1.165, 1.54) is 95.9 Å². The van der Waals surface area contributed by atoms with Crippen LogP contribution in [0.15, 0.2) is 84.9 Å². The van der Waals surface area contributed by atoms with Crippen molar-refractivity contribution in [3.8, 4) is 22.3 Å². The average molecular weight is 896 g/mol. The van der Waals surface area contributed by atoms with Crippen molar-refractivity contribution >= 4 is 57.9 Å². The Morgan fingerprint density at radius 3 is 1.22 bits per heavy atom. The molecule has 0 unspecified atom stereocenters. The Balaban J connectivity index is 0.000000237. The number of carbonyl (C=O) groups is 2. The van der Waals surface area contributed by atoms with Gasteiger partial charge in [0.25, 0.3) is 0 Å². The van der Waals surface area contributed by atoms with E-state index in [4.69, 9.17) is 17.0 Å². The van der Waals surface area contributed by atoms with Crippen LogP contribution in [0.4, 0.5) is 0 Å². The second kappa shape index (κ2) is 21.7. The number of hydrogen-bond donors (Lipinski definition) is 2. The topological polar surface area (TPSA) is 58.2 Å². The number of fused-ring (bicyclic) bond motifs is 2. The van der Waals surface area contributed by atoms with Gasteiger partial charge in [0.05, 0.1) is 0 Å². The first-order chi connectivity index (χ1) is 27.2. The molecule has 0 aromatic heterocycles. The van der Waals surface area contributed by atoms with E-state index in [2.05, 4.69) is 178 Å². The van der Waals surface area contributed by atoms with Crippen LogP contribution in [0.3, 0.4) is 0 Å². The Morgan fingerprint density at radius 1 is 0.569 bits per heavy atom. The number of amides is 2. The zero-order chi connectivity index (χ0) is 43.5. The van der Waals surface area contributed by atoms with Crippen LogP contribution < -0.4 is 10.5 Å². The van der Waals surface area contributed by atoms with Crippen molar-refractivity contribution < 1.29 is 30.4 Å². The Morgan fingerprint density at radius 2 is 0.914 bits per heavy atom. The van der Waals surface area contributed by atoms with Gasteiger partial charge in [-0.2, -0.15) is 12.1 Å². The van der Waals surface area contributed by atoms with Crippen molar-refractivity contribution in [2.24, 2.45) is 0 Å². The van der Waals surface area contributed by atoms with Crippen LogP contribution in [0.1, 0.15) is 113 Å². The van der Waals surface area contributed by atoms with Crippen LogP contribution in [-0.4, -0.2) is 19.4 Å². The Bertz CT molecular complexity index is 2160. The van der Waals surface area contributed by atoms with Gasteiger partial charge in [-0.1, -0.05) is 103 Å². The van der Waals surface area contributed by atoms with Gasteiger partial charge in [-0.25, -0.2) is 0 Å². The van der Waals surface area contributed by atoms with Crippen LogP contribution in [0.25, 0.3) is 43.8 Å². The van der Waals surface area contributed by atoms with Crippen LogP contribution in [-0.2, 0) is 41.3 Å². The van der Waals surface area contributed by atoms with E-state index in [0.717, 1.165) is 0 Å². The maximum absolute atomic E-state index is 10.6. The molecule has 0 fully saturated rings. The van der Waals surface area contributed by atoms with Gasteiger partial charge >= 0.3 is 45.4 Å². The van der Waals surface area contributed by atoms with Gasteiger partial charge in [0.15, 0.2) is 0 Å². The maximum atomic E-state index is 10.6. The number of benzene rings is 4. The second-order valence-electron chi connectivity index (χ2n) is 17.0. The van der Waals surface area contributed by atoms with E-state index in [1.807, 2.05) is 0 Å². The fourth-order valence-electron chi connectivity index (χ4n) is 6.70. The summed E-state index contributed by atoms with van der Waals surface area (Å²) in [6.45, 7) is 30.5. The molecule has 0 aliphatic rings. The summed E-state index contributed by atoms with van der Waals surface area (Å²) in [7, 11) is 11.1. The molecule has 58 heavy (non-hydrogen) atoms. The summed E-state index contributed by atoms with van der Waals surface area (Å²) >= 11 is -0.826. The summed E-state index contributed by atoms with van der Waals surface area (Å²) in [4.78, 5) is 21.2. The SMILES string of the molecule is CCC(=O)N[B]NC(=O)CC.Cc1ccc(-c2cccc3[cH-]c(C(C)(C)C)cc23)c(C)c1C.Cc1ccc(-c2cccc3[cH-]c(C(C)(C)C)cc23)c(C)c1C.[Cl][Zr+2][Cl]. The minimum absolute atomic E-state index is 0.110.